The molecule has 1 saturated heterocycles. The van der Waals surface area contributed by atoms with Crippen LogP contribution in [0.5, 0.6) is 11.5 Å². The first kappa shape index (κ1) is 10.8. The molecule has 0 spiro atoms. The van der Waals surface area contributed by atoms with Crippen molar-refractivity contribution >= 4 is 5.97 Å². The maximum absolute atomic E-state index is 11.2. The Morgan fingerprint density at radius 3 is 2.56 bits per heavy atom. The summed E-state index contributed by atoms with van der Waals surface area (Å²) in [6, 6.07) is 6.04. The molecule has 3 N–H and O–H groups in total. The van der Waals surface area contributed by atoms with Crippen LogP contribution in [-0.4, -0.2) is 34.9 Å². The topological polar surface area (TPSA) is 78.8 Å². The van der Waals surface area contributed by atoms with Gasteiger partial charge in [-0.15, -0.1) is 0 Å². The number of rotatable bonds is 3. The first-order chi connectivity index (χ1) is 7.62. The number of hydrogen-bond acceptors (Lipinski definition) is 4. The number of aromatic hydroxyl groups is 1. The highest BCUT2D eigenvalue weighted by atomic mass is 16.5. The number of benzene rings is 1. The molecule has 0 aliphatic carbocycles. The van der Waals surface area contributed by atoms with Crippen LogP contribution in [-0.2, 0) is 4.79 Å². The van der Waals surface area contributed by atoms with Crippen LogP contribution in [0.15, 0.2) is 24.3 Å². The Kier molecular flexibility index (Phi) is 2.70. The minimum atomic E-state index is -1.18. The summed E-state index contributed by atoms with van der Waals surface area (Å²) in [6.45, 7) is 0.924. The van der Waals surface area contributed by atoms with Crippen molar-refractivity contribution in [3.05, 3.63) is 24.3 Å². The van der Waals surface area contributed by atoms with Gasteiger partial charge >= 0.3 is 5.97 Å². The van der Waals surface area contributed by atoms with Crippen LogP contribution in [0, 0.1) is 0 Å². The van der Waals surface area contributed by atoms with Crippen LogP contribution in [0.3, 0.4) is 0 Å². The summed E-state index contributed by atoms with van der Waals surface area (Å²) in [5.74, 6) is -0.393. The number of carbonyl (C=O) groups is 1. The van der Waals surface area contributed by atoms with E-state index in [4.69, 9.17) is 14.9 Å². The minimum Gasteiger partial charge on any atom is -0.508 e. The molecule has 2 rings (SSSR count). The highest BCUT2D eigenvalue weighted by Crippen LogP contribution is 2.25. The molecule has 1 fully saturated rings. The second kappa shape index (κ2) is 4.02. The van der Waals surface area contributed by atoms with E-state index in [0.717, 1.165) is 0 Å². The molecule has 1 aliphatic heterocycles. The molecule has 1 unspecified atom stereocenters. The maximum atomic E-state index is 11.2. The third kappa shape index (κ3) is 1.94. The van der Waals surface area contributed by atoms with E-state index in [2.05, 4.69) is 5.32 Å². The molecule has 0 bridgehead atoms. The molecule has 0 aromatic heterocycles. The number of carboxylic acid groups (broad SMARTS) is 1. The van der Waals surface area contributed by atoms with Crippen LogP contribution < -0.4 is 10.1 Å². The number of phenolic OH excluding ortho intramolecular Hbond substituents is 1. The molecule has 0 saturated carbocycles. The lowest BCUT2D eigenvalue weighted by Crippen LogP contribution is -2.46. The molecule has 5 heteroatoms. The van der Waals surface area contributed by atoms with E-state index in [0.29, 0.717) is 25.3 Å². The van der Waals surface area contributed by atoms with Crippen molar-refractivity contribution in [1.29, 1.82) is 0 Å². The SMILES string of the molecule is O=C(O)C1(Oc2ccc(O)cc2)CCNC1. The van der Waals surface area contributed by atoms with Gasteiger partial charge < -0.3 is 20.3 Å². The number of phenols is 1. The van der Waals surface area contributed by atoms with Gasteiger partial charge in [0.15, 0.2) is 0 Å². The van der Waals surface area contributed by atoms with Gasteiger partial charge in [0, 0.05) is 13.0 Å². The van der Waals surface area contributed by atoms with Crippen LogP contribution in [0.25, 0.3) is 0 Å². The van der Waals surface area contributed by atoms with E-state index in [1.165, 1.54) is 12.1 Å². The fourth-order valence-electron chi connectivity index (χ4n) is 1.72. The average molecular weight is 223 g/mol. The van der Waals surface area contributed by atoms with Gasteiger partial charge in [-0.05, 0) is 30.8 Å². The lowest BCUT2D eigenvalue weighted by Gasteiger charge is -2.24. The average Bonchev–Trinajstić information content (AvgIpc) is 2.71. The van der Waals surface area contributed by atoms with Crippen molar-refractivity contribution in [3.63, 3.8) is 0 Å². The minimum absolute atomic E-state index is 0.126. The zero-order chi connectivity index (χ0) is 11.6. The predicted octanol–water partition coefficient (Wildman–Crippen LogP) is 0.588. The third-order valence-corrected chi connectivity index (χ3v) is 2.66. The van der Waals surface area contributed by atoms with E-state index in [1.807, 2.05) is 0 Å². The van der Waals surface area contributed by atoms with Gasteiger partial charge in [-0.1, -0.05) is 0 Å². The smallest absolute Gasteiger partial charge is 0.349 e. The Morgan fingerprint density at radius 2 is 2.06 bits per heavy atom. The Labute approximate surface area is 92.7 Å². The zero-order valence-electron chi connectivity index (χ0n) is 8.64. The highest BCUT2D eigenvalue weighted by Gasteiger charge is 2.44. The number of aliphatic carboxylic acids is 1. The fraction of sp³-hybridized carbons (Fsp3) is 0.364. The van der Waals surface area contributed by atoms with Crippen molar-refractivity contribution in [2.24, 2.45) is 0 Å². The first-order valence-electron chi connectivity index (χ1n) is 5.05. The lowest BCUT2D eigenvalue weighted by atomic mass is 10.0. The molecule has 1 atom stereocenters. The summed E-state index contributed by atoms with van der Waals surface area (Å²) in [4.78, 5) is 11.2. The van der Waals surface area contributed by atoms with Crippen molar-refractivity contribution in [2.75, 3.05) is 13.1 Å². The standard InChI is InChI=1S/C11H13NO4/c13-8-1-3-9(4-2-8)16-11(10(14)15)5-6-12-7-11/h1-4,12-13H,5-7H2,(H,14,15). The van der Waals surface area contributed by atoms with Gasteiger partial charge in [0.05, 0.1) is 0 Å². The van der Waals surface area contributed by atoms with Crippen molar-refractivity contribution in [2.45, 2.75) is 12.0 Å². The quantitative estimate of drug-likeness (QED) is 0.699. The Balaban J connectivity index is 2.18. The Hall–Kier alpha value is -1.75. The number of hydrogen-bond donors (Lipinski definition) is 3. The van der Waals surface area contributed by atoms with Gasteiger partial charge in [0.1, 0.15) is 11.5 Å². The second-order valence-electron chi connectivity index (χ2n) is 3.82. The Bertz CT molecular complexity index is 381. The molecule has 1 heterocycles. The van der Waals surface area contributed by atoms with E-state index in [1.54, 1.807) is 12.1 Å². The molecule has 16 heavy (non-hydrogen) atoms. The zero-order valence-corrected chi connectivity index (χ0v) is 8.64. The molecule has 1 aromatic rings. The highest BCUT2D eigenvalue weighted by molar-refractivity contribution is 5.78. The molecule has 5 nitrogen and oxygen atoms in total. The number of nitrogens with one attached hydrogen (secondary N) is 1. The summed E-state index contributed by atoms with van der Waals surface area (Å²) in [5, 5.41) is 21.2. The maximum Gasteiger partial charge on any atom is 0.349 e. The second-order valence-corrected chi connectivity index (χ2v) is 3.82. The van der Waals surface area contributed by atoms with E-state index < -0.39 is 11.6 Å². The molecule has 1 aromatic carbocycles. The fourth-order valence-corrected chi connectivity index (χ4v) is 1.72. The Morgan fingerprint density at radius 1 is 1.38 bits per heavy atom. The normalized spacial score (nSPS) is 24.2. The van der Waals surface area contributed by atoms with Gasteiger partial charge in [-0.25, -0.2) is 4.79 Å². The van der Waals surface area contributed by atoms with Gasteiger partial charge in [0.25, 0.3) is 0 Å². The van der Waals surface area contributed by atoms with E-state index in [-0.39, 0.29) is 5.75 Å². The molecule has 0 radical (unpaired) electrons. The number of carboxylic acids is 1. The van der Waals surface area contributed by atoms with Crippen molar-refractivity contribution in [3.8, 4) is 11.5 Å². The van der Waals surface area contributed by atoms with Crippen LogP contribution in [0.2, 0.25) is 0 Å². The summed E-state index contributed by atoms with van der Waals surface area (Å²) >= 11 is 0. The van der Waals surface area contributed by atoms with Crippen molar-refractivity contribution < 1.29 is 19.7 Å². The van der Waals surface area contributed by atoms with Gasteiger partial charge in [0.2, 0.25) is 5.60 Å². The van der Waals surface area contributed by atoms with Crippen molar-refractivity contribution in [1.82, 2.24) is 5.32 Å². The third-order valence-electron chi connectivity index (χ3n) is 2.66. The largest absolute Gasteiger partial charge is 0.508 e. The molecule has 1 aliphatic rings. The van der Waals surface area contributed by atoms with E-state index >= 15 is 0 Å². The number of ether oxygens (including phenoxy) is 1. The lowest BCUT2D eigenvalue weighted by molar-refractivity contribution is -0.153. The van der Waals surface area contributed by atoms with E-state index in [9.17, 15) is 4.79 Å². The summed E-state index contributed by atoms with van der Waals surface area (Å²) in [5.41, 5.74) is -1.18. The summed E-state index contributed by atoms with van der Waals surface area (Å²) < 4.78 is 5.51. The summed E-state index contributed by atoms with van der Waals surface area (Å²) in [6.07, 6.45) is 0.434. The predicted molar refractivity (Wildman–Crippen MR) is 56.6 cm³/mol. The van der Waals surface area contributed by atoms with Crippen LogP contribution in [0.4, 0.5) is 0 Å². The van der Waals surface area contributed by atoms with Crippen LogP contribution in [0.1, 0.15) is 6.42 Å². The first-order valence-corrected chi connectivity index (χ1v) is 5.05. The molecular weight excluding hydrogens is 210 g/mol. The van der Waals surface area contributed by atoms with Gasteiger partial charge in [-0.2, -0.15) is 0 Å². The summed E-state index contributed by atoms with van der Waals surface area (Å²) in [7, 11) is 0. The van der Waals surface area contributed by atoms with Gasteiger partial charge in [-0.3, -0.25) is 0 Å². The molecule has 0 amide bonds. The molecule has 86 valence electrons. The molecular formula is C11H13NO4. The van der Waals surface area contributed by atoms with Crippen LogP contribution >= 0.6 is 0 Å². The monoisotopic (exact) mass is 223 g/mol.